The van der Waals surface area contributed by atoms with Crippen LogP contribution in [0.25, 0.3) is 72.6 Å². The molecule has 0 bridgehead atoms. The van der Waals surface area contributed by atoms with Crippen molar-refractivity contribution in [3.8, 4) is 39.5 Å². The van der Waals surface area contributed by atoms with Crippen LogP contribution in [0.4, 0.5) is 4.39 Å². The number of aryl methyl sites for hydroxylation is 1. The molecule has 5 nitrogen and oxygen atoms in total. The van der Waals surface area contributed by atoms with Gasteiger partial charge in [-0.1, -0.05) is 108 Å². The molecule has 9 rings (SSSR count). The Labute approximate surface area is 373 Å². The van der Waals surface area contributed by atoms with E-state index in [0.29, 0.717) is 22.5 Å². The summed E-state index contributed by atoms with van der Waals surface area (Å²) in [5, 5.41) is 1.54. The topological polar surface area (TPSA) is 56.7 Å². The quantitative estimate of drug-likeness (QED) is 0.149. The first-order valence-corrected chi connectivity index (χ1v) is 19.9. The number of nitrogens with zero attached hydrogens (tertiary/aromatic N) is 4. The summed E-state index contributed by atoms with van der Waals surface area (Å²) in [4.78, 5) is 13.7. The van der Waals surface area contributed by atoms with Crippen LogP contribution < -0.4 is 0 Å². The number of hydrogen-bond donors (Lipinski definition) is 0. The van der Waals surface area contributed by atoms with Crippen LogP contribution in [-0.2, 0) is 26.5 Å². The van der Waals surface area contributed by atoms with Crippen molar-refractivity contribution in [2.75, 3.05) is 0 Å². The predicted octanol–water partition coefficient (Wildman–Crippen LogP) is 14.3. The second-order valence-corrected chi connectivity index (χ2v) is 16.4. The van der Waals surface area contributed by atoms with E-state index in [1.165, 1.54) is 18.2 Å². The van der Waals surface area contributed by atoms with Crippen LogP contribution in [0.3, 0.4) is 0 Å². The van der Waals surface area contributed by atoms with Crippen molar-refractivity contribution in [2.24, 2.45) is 5.41 Å². The van der Waals surface area contributed by atoms with E-state index in [-0.39, 0.29) is 49.2 Å². The van der Waals surface area contributed by atoms with E-state index in [9.17, 15) is 4.39 Å². The number of benzene rings is 5. The van der Waals surface area contributed by atoms with Gasteiger partial charge in [0.15, 0.2) is 0 Å². The Hall–Kier alpha value is -5.75. The van der Waals surface area contributed by atoms with Gasteiger partial charge in [0, 0.05) is 55.7 Å². The van der Waals surface area contributed by atoms with E-state index < -0.39 is 18.6 Å². The molecule has 1 radical (unpaired) electrons. The summed E-state index contributed by atoms with van der Waals surface area (Å²) in [5.41, 5.74) is 10.4. The van der Waals surface area contributed by atoms with Crippen molar-refractivity contribution >= 4 is 33.1 Å². The molecule has 0 saturated heterocycles. The molecule has 9 aromatic rings. The molecule has 0 aliphatic heterocycles. The van der Waals surface area contributed by atoms with Crippen molar-refractivity contribution in [1.29, 1.82) is 0 Å². The Morgan fingerprint density at radius 1 is 0.800 bits per heavy atom. The van der Waals surface area contributed by atoms with Gasteiger partial charge in [-0.15, -0.1) is 48.0 Å². The van der Waals surface area contributed by atoms with Gasteiger partial charge in [0.1, 0.15) is 0 Å². The zero-order valence-corrected chi connectivity index (χ0v) is 37.1. The third-order valence-electron chi connectivity index (χ3n) is 10.2. The van der Waals surface area contributed by atoms with E-state index in [4.69, 9.17) is 16.3 Å². The molecule has 0 atom stereocenters. The van der Waals surface area contributed by atoms with Crippen LogP contribution in [0.5, 0.6) is 0 Å². The van der Waals surface area contributed by atoms with Crippen molar-refractivity contribution < 1.29 is 35.8 Å². The molecule has 0 aliphatic carbocycles. The molecular weight excluding hydrogens is 920 g/mol. The number of furan rings is 1. The van der Waals surface area contributed by atoms with Gasteiger partial charge in [-0.25, -0.2) is 4.98 Å². The average Bonchev–Trinajstić information content (AvgIpc) is 3.84. The number of halogens is 1. The molecule has 4 heterocycles. The summed E-state index contributed by atoms with van der Waals surface area (Å²) in [6.07, 6.45) is 0.223. The molecule has 0 fully saturated rings. The third kappa shape index (κ3) is 8.75. The fourth-order valence-corrected chi connectivity index (χ4v) is 7.46. The van der Waals surface area contributed by atoms with Crippen molar-refractivity contribution in [2.45, 2.75) is 73.5 Å². The van der Waals surface area contributed by atoms with Gasteiger partial charge < -0.3 is 14.0 Å². The Kier molecular flexibility index (Phi) is 10.5. The molecule has 0 unspecified atom stereocenters. The Balaban J connectivity index is 0.000000385. The van der Waals surface area contributed by atoms with Gasteiger partial charge in [0.25, 0.3) is 0 Å². The normalized spacial score (nSPS) is 13.3. The van der Waals surface area contributed by atoms with Crippen molar-refractivity contribution in [3.63, 3.8) is 0 Å². The summed E-state index contributed by atoms with van der Waals surface area (Å²) in [6, 6.07) is 43.8. The van der Waals surface area contributed by atoms with Gasteiger partial charge in [0.2, 0.25) is 5.71 Å². The van der Waals surface area contributed by atoms with Gasteiger partial charge >= 0.3 is 0 Å². The Morgan fingerprint density at radius 2 is 1.53 bits per heavy atom. The standard InChI is InChI=1S/C42H42N3O.C11H7FN.Ir/c1-25(2)34-22-30(29-19-17-28(18-20-29)24-42(6,7)8)23-35(26(3)4)38(34)45-37-15-10-9-14-36(37)44-40(45)33-13-11-12-31-32-21-16-27(5)43-41(32)46-39(31)33;12-10-6-4-9(5-7-10)11-3-1-2-8-13-11;/h9-12,14-23,25-26H,24H2,1-8H3;1-4,6-8H;/q2*-1;/i5D3,24D2;;. The first-order valence-electron chi connectivity index (χ1n) is 22.4. The number of hydrogen-bond acceptors (Lipinski definition) is 4. The molecule has 0 aliphatic rings. The van der Waals surface area contributed by atoms with Gasteiger partial charge in [-0.05, 0) is 106 Å². The van der Waals surface area contributed by atoms with E-state index in [1.54, 1.807) is 18.3 Å². The first kappa shape index (κ1) is 36.1. The van der Waals surface area contributed by atoms with Gasteiger partial charge in [-0.3, -0.25) is 9.37 Å². The molecule has 60 heavy (non-hydrogen) atoms. The average molecular weight is 974 g/mol. The van der Waals surface area contributed by atoms with Crippen molar-refractivity contribution in [3.05, 3.63) is 168 Å². The van der Waals surface area contributed by atoms with E-state index >= 15 is 0 Å². The number of rotatable bonds is 7. The summed E-state index contributed by atoms with van der Waals surface area (Å²) >= 11 is 0. The fraction of sp³-hybridized carbons (Fsp3) is 0.226. The number of pyridine rings is 2. The zero-order valence-electron chi connectivity index (χ0n) is 39.7. The third-order valence-corrected chi connectivity index (χ3v) is 10.2. The Morgan fingerprint density at radius 3 is 2.18 bits per heavy atom. The molecule has 0 spiro atoms. The zero-order chi connectivity index (χ0) is 45.7. The number of para-hydroxylation sites is 2. The summed E-state index contributed by atoms with van der Waals surface area (Å²) in [5.74, 6) is 0.686. The molecule has 0 N–H and O–H groups in total. The van der Waals surface area contributed by atoms with Crippen LogP contribution in [-0.4, -0.2) is 19.5 Å². The molecular formula is C53H49FIrN4O-2. The molecule has 7 heteroatoms. The largest absolute Gasteiger partial charge is 0.486 e. The molecule has 0 saturated carbocycles. The number of imidazole rings is 1. The maximum absolute atomic E-state index is 12.6. The van der Waals surface area contributed by atoms with Crippen LogP contribution in [0.2, 0.25) is 0 Å². The maximum Gasteiger partial charge on any atom is 0.216 e. The smallest absolute Gasteiger partial charge is 0.216 e. The van der Waals surface area contributed by atoms with Crippen LogP contribution in [0.1, 0.15) is 89.5 Å². The van der Waals surface area contributed by atoms with E-state index in [2.05, 4.69) is 72.6 Å². The first-order chi connectivity index (χ1) is 30.3. The van der Waals surface area contributed by atoms with E-state index in [0.717, 1.165) is 61.0 Å². The molecule has 4 aromatic heterocycles. The van der Waals surface area contributed by atoms with Gasteiger partial charge in [-0.2, -0.15) is 0 Å². The second kappa shape index (κ2) is 17.5. The minimum atomic E-state index is -2.36. The Bertz CT molecular complexity index is 3090. The monoisotopic (exact) mass is 974 g/mol. The number of fused-ring (bicyclic) bond motifs is 4. The van der Waals surface area contributed by atoms with Crippen LogP contribution in [0, 0.1) is 30.2 Å². The minimum Gasteiger partial charge on any atom is -0.486 e. The van der Waals surface area contributed by atoms with E-state index in [1.807, 2.05) is 93.6 Å². The molecule has 0 amide bonds. The minimum absolute atomic E-state index is 0. The SMILES string of the molecule is Fc1c[c-]c(-c2ccccn2)cc1.[2H]C([2H])([2H])c1ccc2c(n1)oc1c(-c3nc4ccccc4n3-c3c(C(C)C)cc(-c4ccc(C([2H])([2H])C(C)(C)C)cc4)cc3C(C)C)[c-]ccc12.[Ir]. The second-order valence-electron chi connectivity index (χ2n) is 16.4. The maximum atomic E-state index is 12.6. The summed E-state index contributed by atoms with van der Waals surface area (Å²) in [6.45, 7) is 12.2. The fourth-order valence-electron chi connectivity index (χ4n) is 7.46. The predicted molar refractivity (Wildman–Crippen MR) is 240 cm³/mol. The molecule has 5 aromatic carbocycles. The summed E-state index contributed by atoms with van der Waals surface area (Å²) in [7, 11) is 0. The summed E-state index contributed by atoms with van der Waals surface area (Å²) < 4.78 is 62.3. The van der Waals surface area contributed by atoms with Gasteiger partial charge in [0.05, 0.1) is 22.4 Å². The van der Waals surface area contributed by atoms with Crippen LogP contribution in [0.15, 0.2) is 132 Å². The van der Waals surface area contributed by atoms with Crippen LogP contribution >= 0.6 is 0 Å². The number of aromatic nitrogens is 4. The van der Waals surface area contributed by atoms with Crippen molar-refractivity contribution in [1.82, 2.24) is 19.5 Å². The molecule has 305 valence electrons.